The summed E-state index contributed by atoms with van der Waals surface area (Å²) in [5.74, 6) is -0.260. The van der Waals surface area contributed by atoms with E-state index < -0.39 is 5.79 Å². The summed E-state index contributed by atoms with van der Waals surface area (Å²) in [7, 11) is 0. The third kappa shape index (κ3) is 2.47. The van der Waals surface area contributed by atoms with Crippen LogP contribution >= 0.6 is 0 Å². The second kappa shape index (κ2) is 5.28. The predicted molar refractivity (Wildman–Crippen MR) is 79.9 cm³/mol. The Morgan fingerprint density at radius 2 is 1.95 bits per heavy atom. The van der Waals surface area contributed by atoms with Crippen LogP contribution in [0.25, 0.3) is 0 Å². The molecule has 0 amide bonds. The molecule has 4 rings (SSSR count). The van der Waals surface area contributed by atoms with E-state index in [1.54, 1.807) is 0 Å². The summed E-state index contributed by atoms with van der Waals surface area (Å²) in [5.41, 5.74) is 0.865. The van der Waals surface area contributed by atoms with E-state index in [2.05, 4.69) is 29.3 Å². The van der Waals surface area contributed by atoms with Gasteiger partial charge in [0.25, 0.3) is 0 Å². The van der Waals surface area contributed by atoms with Crippen molar-refractivity contribution in [3.05, 3.63) is 35.9 Å². The minimum atomic E-state index is -0.544. The second-order valence-corrected chi connectivity index (χ2v) is 6.90. The lowest BCUT2D eigenvalue weighted by Gasteiger charge is -2.41. The first kappa shape index (κ1) is 14.6. The molecule has 1 spiro atoms. The van der Waals surface area contributed by atoms with E-state index >= 15 is 0 Å². The number of fused-ring (bicyclic) bond motifs is 2. The SMILES string of the molecule is CC1(C)OC[C@]2(COC[C@H]3[C@@H]2CON3Cc2ccccc2)O1. The molecular weight excluding hydrogens is 282 g/mol. The van der Waals surface area contributed by atoms with Gasteiger partial charge in [-0.3, -0.25) is 4.84 Å². The molecule has 3 atom stereocenters. The maximum absolute atomic E-state index is 6.24. The van der Waals surface area contributed by atoms with Gasteiger partial charge in [0.2, 0.25) is 0 Å². The zero-order chi connectivity index (χ0) is 15.2. The van der Waals surface area contributed by atoms with E-state index in [0.717, 1.165) is 6.54 Å². The van der Waals surface area contributed by atoms with E-state index in [-0.39, 0.29) is 17.6 Å². The molecule has 0 N–H and O–H groups in total. The Labute approximate surface area is 131 Å². The summed E-state index contributed by atoms with van der Waals surface area (Å²) in [6, 6.07) is 10.6. The number of hydrogen-bond donors (Lipinski definition) is 0. The van der Waals surface area contributed by atoms with Gasteiger partial charge >= 0.3 is 0 Å². The van der Waals surface area contributed by atoms with E-state index in [0.29, 0.717) is 26.4 Å². The van der Waals surface area contributed by atoms with Crippen LogP contribution in [-0.4, -0.2) is 48.9 Å². The van der Waals surface area contributed by atoms with Crippen LogP contribution in [0, 0.1) is 5.92 Å². The van der Waals surface area contributed by atoms with Crippen LogP contribution in [-0.2, 0) is 25.6 Å². The van der Waals surface area contributed by atoms with Gasteiger partial charge < -0.3 is 14.2 Å². The maximum atomic E-state index is 6.24. The van der Waals surface area contributed by atoms with Crippen LogP contribution in [0.1, 0.15) is 19.4 Å². The van der Waals surface area contributed by atoms with Gasteiger partial charge in [0.15, 0.2) is 5.79 Å². The van der Waals surface area contributed by atoms with Crippen molar-refractivity contribution in [1.29, 1.82) is 0 Å². The fourth-order valence-corrected chi connectivity index (χ4v) is 3.77. The largest absolute Gasteiger partial charge is 0.377 e. The Hall–Kier alpha value is -0.980. The zero-order valence-electron chi connectivity index (χ0n) is 13.2. The highest BCUT2D eigenvalue weighted by Crippen LogP contribution is 2.44. The van der Waals surface area contributed by atoms with Crippen molar-refractivity contribution >= 4 is 0 Å². The fraction of sp³-hybridized carbons (Fsp3) is 0.647. The molecule has 0 radical (unpaired) electrons. The minimum Gasteiger partial charge on any atom is -0.377 e. The second-order valence-electron chi connectivity index (χ2n) is 6.90. The summed E-state index contributed by atoms with van der Waals surface area (Å²) in [6.45, 7) is 7.20. The standard InChI is InChI=1S/C17H23NO4/c1-16(2)20-12-17(22-16)11-19-10-15-14(17)9-21-18(15)8-13-6-4-3-5-7-13/h3-7,14-15H,8-12H2,1-2H3/t14-,15-,17-/m0/s1. The summed E-state index contributed by atoms with van der Waals surface area (Å²) in [4.78, 5) is 5.98. The van der Waals surface area contributed by atoms with Gasteiger partial charge in [-0.1, -0.05) is 30.3 Å². The average Bonchev–Trinajstić information content (AvgIpc) is 3.04. The average molecular weight is 305 g/mol. The van der Waals surface area contributed by atoms with Crippen molar-refractivity contribution in [2.75, 3.05) is 26.4 Å². The van der Waals surface area contributed by atoms with Gasteiger partial charge in [-0.2, -0.15) is 5.06 Å². The van der Waals surface area contributed by atoms with Crippen LogP contribution in [0.5, 0.6) is 0 Å². The van der Waals surface area contributed by atoms with Crippen LogP contribution in [0.3, 0.4) is 0 Å². The van der Waals surface area contributed by atoms with E-state index in [1.165, 1.54) is 5.56 Å². The van der Waals surface area contributed by atoms with Crippen LogP contribution in [0.2, 0.25) is 0 Å². The van der Waals surface area contributed by atoms with Gasteiger partial charge in [-0.25, -0.2) is 0 Å². The molecule has 5 heteroatoms. The highest BCUT2D eigenvalue weighted by atomic mass is 16.8. The lowest BCUT2D eigenvalue weighted by Crippen LogP contribution is -2.57. The van der Waals surface area contributed by atoms with Crippen molar-refractivity contribution in [2.24, 2.45) is 5.92 Å². The number of hydroxylamine groups is 2. The normalized spacial score (nSPS) is 37.5. The molecule has 1 aromatic carbocycles. The Balaban J connectivity index is 1.52. The lowest BCUT2D eigenvalue weighted by atomic mass is 9.82. The number of rotatable bonds is 2. The van der Waals surface area contributed by atoms with Crippen molar-refractivity contribution in [2.45, 2.75) is 37.8 Å². The molecule has 3 aliphatic rings. The Kier molecular flexibility index (Phi) is 3.51. The van der Waals surface area contributed by atoms with Crippen molar-refractivity contribution < 1.29 is 19.0 Å². The Morgan fingerprint density at radius 3 is 2.68 bits per heavy atom. The first-order valence-corrected chi connectivity index (χ1v) is 7.93. The summed E-state index contributed by atoms with van der Waals surface area (Å²) < 4.78 is 17.9. The molecule has 3 aliphatic heterocycles. The molecule has 1 aromatic rings. The number of benzene rings is 1. The third-order valence-electron chi connectivity index (χ3n) is 4.86. The molecule has 0 unspecified atom stereocenters. The van der Waals surface area contributed by atoms with Gasteiger partial charge in [0, 0.05) is 12.5 Å². The molecule has 120 valence electrons. The van der Waals surface area contributed by atoms with Gasteiger partial charge in [-0.05, 0) is 19.4 Å². The Morgan fingerprint density at radius 1 is 1.14 bits per heavy atom. The fourth-order valence-electron chi connectivity index (χ4n) is 3.77. The summed E-state index contributed by atoms with van der Waals surface area (Å²) >= 11 is 0. The number of hydrogen-bond acceptors (Lipinski definition) is 5. The smallest absolute Gasteiger partial charge is 0.163 e. The number of nitrogens with zero attached hydrogens (tertiary/aromatic N) is 1. The summed E-state index contributed by atoms with van der Waals surface area (Å²) in [5, 5.41) is 2.05. The summed E-state index contributed by atoms with van der Waals surface area (Å²) in [6.07, 6.45) is 0. The molecular formula is C17H23NO4. The van der Waals surface area contributed by atoms with E-state index in [9.17, 15) is 0 Å². The quantitative estimate of drug-likeness (QED) is 0.835. The van der Waals surface area contributed by atoms with Crippen molar-refractivity contribution in [1.82, 2.24) is 5.06 Å². The van der Waals surface area contributed by atoms with Crippen LogP contribution in [0.15, 0.2) is 30.3 Å². The minimum absolute atomic E-state index is 0.214. The molecule has 3 heterocycles. The van der Waals surface area contributed by atoms with Gasteiger partial charge in [0.05, 0.1) is 32.5 Å². The van der Waals surface area contributed by atoms with Crippen LogP contribution in [0.4, 0.5) is 0 Å². The molecule has 0 saturated carbocycles. The monoisotopic (exact) mass is 305 g/mol. The third-order valence-corrected chi connectivity index (χ3v) is 4.86. The molecule has 0 bridgehead atoms. The Bertz CT molecular complexity index is 535. The van der Waals surface area contributed by atoms with E-state index in [4.69, 9.17) is 19.0 Å². The van der Waals surface area contributed by atoms with E-state index in [1.807, 2.05) is 19.9 Å². The zero-order valence-corrected chi connectivity index (χ0v) is 13.2. The number of ether oxygens (including phenoxy) is 3. The first-order chi connectivity index (χ1) is 10.6. The lowest BCUT2D eigenvalue weighted by molar-refractivity contribution is -0.209. The van der Waals surface area contributed by atoms with Crippen molar-refractivity contribution in [3.63, 3.8) is 0 Å². The maximum Gasteiger partial charge on any atom is 0.163 e. The highest BCUT2D eigenvalue weighted by molar-refractivity contribution is 5.15. The van der Waals surface area contributed by atoms with Gasteiger partial charge in [0.1, 0.15) is 5.60 Å². The first-order valence-electron chi connectivity index (χ1n) is 7.93. The van der Waals surface area contributed by atoms with Gasteiger partial charge in [-0.15, -0.1) is 0 Å². The van der Waals surface area contributed by atoms with Crippen LogP contribution < -0.4 is 0 Å². The molecule has 3 fully saturated rings. The highest BCUT2D eigenvalue weighted by Gasteiger charge is 2.58. The molecule has 3 saturated heterocycles. The predicted octanol–water partition coefficient (Wildman–Crippen LogP) is 1.97. The van der Waals surface area contributed by atoms with Crippen molar-refractivity contribution in [3.8, 4) is 0 Å². The molecule has 5 nitrogen and oxygen atoms in total. The molecule has 0 aromatic heterocycles. The topological polar surface area (TPSA) is 40.2 Å². The molecule has 0 aliphatic carbocycles. The molecule has 22 heavy (non-hydrogen) atoms.